The Kier molecular flexibility index (Phi) is 6.60. The number of benzene rings is 1. The van der Waals surface area contributed by atoms with Crippen molar-refractivity contribution >= 4 is 16.9 Å². The van der Waals surface area contributed by atoms with Gasteiger partial charge < -0.3 is 15.2 Å². The average molecular weight is 268 g/mol. The van der Waals surface area contributed by atoms with Crippen LogP contribution in [0.1, 0.15) is 12.5 Å². The van der Waals surface area contributed by atoms with Gasteiger partial charge in [0.25, 0.3) is 0 Å². The quantitative estimate of drug-likeness (QED) is 0.635. The molecule has 0 saturated carbocycles. The van der Waals surface area contributed by atoms with Gasteiger partial charge in [-0.1, -0.05) is 23.9 Å². The van der Waals surface area contributed by atoms with Crippen LogP contribution in [0.25, 0.3) is 0 Å². The summed E-state index contributed by atoms with van der Waals surface area (Å²) in [6, 6.07) is 8.02. The van der Waals surface area contributed by atoms with Crippen molar-refractivity contribution in [2.24, 2.45) is 10.7 Å². The molecule has 5 heteroatoms. The zero-order valence-corrected chi connectivity index (χ0v) is 11.9. The molecule has 4 nitrogen and oxygen atoms in total. The van der Waals surface area contributed by atoms with Crippen molar-refractivity contribution in [3.8, 4) is 5.75 Å². The Morgan fingerprint density at radius 2 is 2.22 bits per heavy atom. The Labute approximate surface area is 113 Å². The zero-order chi connectivity index (χ0) is 13.4. The predicted octanol–water partition coefficient (Wildman–Crippen LogP) is 2.28. The largest absolute Gasteiger partial charge is 0.497 e. The fourth-order valence-corrected chi connectivity index (χ4v) is 2.20. The van der Waals surface area contributed by atoms with Gasteiger partial charge in [0.2, 0.25) is 0 Å². The molecule has 0 aliphatic rings. The highest BCUT2D eigenvalue weighted by molar-refractivity contribution is 8.13. The fraction of sp³-hybridized carbons (Fsp3) is 0.462. The lowest BCUT2D eigenvalue weighted by molar-refractivity contribution is 0.186. The first-order chi connectivity index (χ1) is 8.65. The number of thioether (sulfide) groups is 1. The highest BCUT2D eigenvalue weighted by Crippen LogP contribution is 2.18. The summed E-state index contributed by atoms with van der Waals surface area (Å²) in [5.74, 6) is 1.64. The summed E-state index contributed by atoms with van der Waals surface area (Å²) in [5.41, 5.74) is 7.01. The minimum absolute atomic E-state index is 0.0906. The van der Waals surface area contributed by atoms with Gasteiger partial charge in [-0.05, 0) is 24.6 Å². The molecule has 0 spiro atoms. The number of nitrogens with zero attached hydrogens (tertiary/aromatic N) is 1. The van der Waals surface area contributed by atoms with Gasteiger partial charge >= 0.3 is 0 Å². The van der Waals surface area contributed by atoms with Crippen molar-refractivity contribution < 1.29 is 9.47 Å². The number of amidine groups is 1. The van der Waals surface area contributed by atoms with Gasteiger partial charge in [-0.15, -0.1) is 0 Å². The van der Waals surface area contributed by atoms with E-state index in [-0.39, 0.29) is 6.04 Å². The van der Waals surface area contributed by atoms with E-state index in [1.165, 1.54) is 11.8 Å². The fourth-order valence-electron chi connectivity index (χ4n) is 1.45. The van der Waals surface area contributed by atoms with Crippen molar-refractivity contribution in [1.82, 2.24) is 0 Å². The van der Waals surface area contributed by atoms with Gasteiger partial charge in [0.05, 0.1) is 19.8 Å². The Hall–Kier alpha value is -1.20. The number of hydrogen-bond donors (Lipinski definition) is 1. The molecule has 0 unspecified atom stereocenters. The second-order valence-electron chi connectivity index (χ2n) is 3.91. The van der Waals surface area contributed by atoms with Crippen LogP contribution in [0.15, 0.2) is 29.3 Å². The minimum Gasteiger partial charge on any atom is -0.497 e. The van der Waals surface area contributed by atoms with Gasteiger partial charge in [0, 0.05) is 12.9 Å². The van der Waals surface area contributed by atoms with Gasteiger partial charge in [0.1, 0.15) is 5.75 Å². The number of hydrogen-bond acceptors (Lipinski definition) is 4. The smallest absolute Gasteiger partial charge is 0.154 e. The first-order valence-corrected chi connectivity index (χ1v) is 6.72. The second-order valence-corrected chi connectivity index (χ2v) is 4.91. The van der Waals surface area contributed by atoms with E-state index in [1.54, 1.807) is 14.2 Å². The maximum Gasteiger partial charge on any atom is 0.154 e. The zero-order valence-electron chi connectivity index (χ0n) is 11.1. The maximum atomic E-state index is 5.85. The van der Waals surface area contributed by atoms with Crippen molar-refractivity contribution in [3.05, 3.63) is 29.8 Å². The first kappa shape index (κ1) is 14.9. The van der Waals surface area contributed by atoms with Gasteiger partial charge in [-0.25, -0.2) is 0 Å². The molecule has 2 N–H and O–H groups in total. The van der Waals surface area contributed by atoms with E-state index in [2.05, 4.69) is 4.99 Å². The van der Waals surface area contributed by atoms with Crippen LogP contribution < -0.4 is 10.5 Å². The second kappa shape index (κ2) is 8.00. The van der Waals surface area contributed by atoms with E-state index >= 15 is 0 Å². The Morgan fingerprint density at radius 3 is 2.89 bits per heavy atom. The van der Waals surface area contributed by atoms with Crippen molar-refractivity contribution in [3.63, 3.8) is 0 Å². The van der Waals surface area contributed by atoms with E-state index in [0.717, 1.165) is 17.1 Å². The van der Waals surface area contributed by atoms with Crippen molar-refractivity contribution in [1.29, 1.82) is 0 Å². The third-order valence-electron chi connectivity index (χ3n) is 2.28. The third-order valence-corrected chi connectivity index (χ3v) is 3.16. The number of ether oxygens (including phenoxy) is 2. The van der Waals surface area contributed by atoms with Crippen LogP contribution in [0.3, 0.4) is 0 Å². The van der Waals surface area contributed by atoms with Crippen molar-refractivity contribution in [2.75, 3.05) is 20.8 Å². The molecule has 1 aromatic carbocycles. The summed E-state index contributed by atoms with van der Waals surface area (Å²) >= 11 is 1.52. The predicted molar refractivity (Wildman–Crippen MR) is 77.2 cm³/mol. The molecule has 1 rings (SSSR count). The van der Waals surface area contributed by atoms with Crippen LogP contribution in [0, 0.1) is 0 Å². The van der Waals surface area contributed by atoms with Crippen LogP contribution >= 0.6 is 11.8 Å². The number of methoxy groups -OCH3 is 2. The number of rotatable bonds is 6. The summed E-state index contributed by atoms with van der Waals surface area (Å²) in [5, 5.41) is 0.586. The molecule has 0 saturated heterocycles. The summed E-state index contributed by atoms with van der Waals surface area (Å²) in [7, 11) is 3.32. The molecule has 0 heterocycles. The number of nitrogens with two attached hydrogens (primary N) is 1. The summed E-state index contributed by atoms with van der Waals surface area (Å²) in [6.45, 7) is 2.56. The van der Waals surface area contributed by atoms with Crippen LogP contribution in [0.4, 0.5) is 0 Å². The highest BCUT2D eigenvalue weighted by atomic mass is 32.2. The Balaban J connectivity index is 2.48. The van der Waals surface area contributed by atoms with Gasteiger partial charge in [-0.3, -0.25) is 4.99 Å². The molecule has 0 amide bonds. The van der Waals surface area contributed by atoms with E-state index in [9.17, 15) is 0 Å². The molecule has 18 heavy (non-hydrogen) atoms. The van der Waals surface area contributed by atoms with E-state index in [0.29, 0.717) is 11.8 Å². The lowest BCUT2D eigenvalue weighted by Gasteiger charge is -2.07. The van der Waals surface area contributed by atoms with Gasteiger partial charge in [0.15, 0.2) is 5.17 Å². The van der Waals surface area contributed by atoms with Crippen LogP contribution in [0.5, 0.6) is 5.75 Å². The Morgan fingerprint density at radius 1 is 1.44 bits per heavy atom. The van der Waals surface area contributed by atoms with Crippen LogP contribution in [-0.2, 0) is 10.5 Å². The van der Waals surface area contributed by atoms with Gasteiger partial charge in [-0.2, -0.15) is 0 Å². The van der Waals surface area contributed by atoms with E-state index in [4.69, 9.17) is 15.2 Å². The lowest BCUT2D eigenvalue weighted by Crippen LogP contribution is -2.15. The summed E-state index contributed by atoms with van der Waals surface area (Å²) < 4.78 is 10.2. The molecule has 0 radical (unpaired) electrons. The average Bonchev–Trinajstić information content (AvgIpc) is 2.37. The van der Waals surface area contributed by atoms with Crippen molar-refractivity contribution in [2.45, 2.75) is 18.7 Å². The maximum absolute atomic E-state index is 5.85. The Bertz CT molecular complexity index is 396. The first-order valence-electron chi connectivity index (χ1n) is 5.73. The van der Waals surface area contributed by atoms with Crippen LogP contribution in [-0.4, -0.2) is 32.0 Å². The molecule has 1 atom stereocenters. The highest BCUT2D eigenvalue weighted by Gasteiger charge is 2.02. The molecule has 1 aromatic rings. The minimum atomic E-state index is 0.0906. The van der Waals surface area contributed by atoms with Crippen LogP contribution in [0.2, 0.25) is 0 Å². The standard InChI is InChI=1S/C13H20N2O2S/c1-10(8-16-2)15-13(14)18-9-11-5-4-6-12(7-11)17-3/h4-7,10H,8-9H2,1-3H3,(H2,14,15)/t10-/m0/s1. The monoisotopic (exact) mass is 268 g/mol. The normalized spacial score (nSPS) is 13.4. The summed E-state index contributed by atoms with van der Waals surface area (Å²) in [6.07, 6.45) is 0. The molecule has 0 fully saturated rings. The molecule has 0 aliphatic heterocycles. The summed E-state index contributed by atoms with van der Waals surface area (Å²) in [4.78, 5) is 4.33. The molecular formula is C13H20N2O2S. The SMILES string of the molecule is COC[C@H](C)N=C(N)SCc1cccc(OC)c1. The van der Waals surface area contributed by atoms with E-state index < -0.39 is 0 Å². The molecule has 100 valence electrons. The molecule has 0 aromatic heterocycles. The molecule has 0 aliphatic carbocycles. The molecular weight excluding hydrogens is 248 g/mol. The van der Waals surface area contributed by atoms with E-state index in [1.807, 2.05) is 31.2 Å². The number of aliphatic imine (C=N–C) groups is 1. The lowest BCUT2D eigenvalue weighted by atomic mass is 10.2. The molecule has 0 bridgehead atoms. The third kappa shape index (κ3) is 5.42. The topological polar surface area (TPSA) is 56.8 Å².